The van der Waals surface area contributed by atoms with Crippen LogP contribution in [0.15, 0.2) is 66.0 Å². The molecular weight excluding hydrogens is 278 g/mol. The molecule has 0 saturated carbocycles. The highest BCUT2D eigenvalue weighted by molar-refractivity contribution is 6.02. The Morgan fingerprint density at radius 1 is 1.09 bits per heavy atom. The standard InChI is InChI=1S/C17H13N3O2/c21-16-8-7-12(14-5-1-2-6-15(14)16)11-19-20-17(22)13-4-3-9-18-10-13/h1-11,21H,(H,20,22)/b19-11+. The Balaban J connectivity index is 1.82. The van der Waals surface area contributed by atoms with Gasteiger partial charge in [0.15, 0.2) is 0 Å². The molecular formula is C17H13N3O2. The van der Waals surface area contributed by atoms with E-state index in [0.29, 0.717) is 5.56 Å². The van der Waals surface area contributed by atoms with Crippen LogP contribution in [0.4, 0.5) is 0 Å². The summed E-state index contributed by atoms with van der Waals surface area (Å²) in [7, 11) is 0. The summed E-state index contributed by atoms with van der Waals surface area (Å²) in [5.74, 6) is -0.112. The number of phenolic OH excluding ortho intramolecular Hbond substituents is 1. The number of carbonyl (C=O) groups excluding carboxylic acids is 1. The monoisotopic (exact) mass is 291 g/mol. The molecule has 22 heavy (non-hydrogen) atoms. The molecule has 0 aliphatic carbocycles. The molecule has 3 aromatic rings. The second-order valence-electron chi connectivity index (χ2n) is 4.66. The van der Waals surface area contributed by atoms with Crippen molar-refractivity contribution in [2.24, 2.45) is 5.10 Å². The minimum Gasteiger partial charge on any atom is -0.507 e. The molecule has 0 aliphatic rings. The van der Waals surface area contributed by atoms with Crippen molar-refractivity contribution in [2.45, 2.75) is 0 Å². The van der Waals surface area contributed by atoms with Gasteiger partial charge in [-0.05, 0) is 29.7 Å². The molecule has 2 aromatic carbocycles. The van der Waals surface area contributed by atoms with Crippen molar-refractivity contribution in [1.82, 2.24) is 10.4 Å². The summed E-state index contributed by atoms with van der Waals surface area (Å²) < 4.78 is 0. The van der Waals surface area contributed by atoms with E-state index < -0.39 is 0 Å². The number of hydrazone groups is 1. The summed E-state index contributed by atoms with van der Waals surface area (Å²) in [6.45, 7) is 0. The molecule has 5 heteroatoms. The highest BCUT2D eigenvalue weighted by atomic mass is 16.3. The summed E-state index contributed by atoms with van der Waals surface area (Å²) in [6.07, 6.45) is 4.62. The van der Waals surface area contributed by atoms with E-state index in [4.69, 9.17) is 0 Å². The molecule has 2 N–H and O–H groups in total. The Morgan fingerprint density at radius 2 is 1.91 bits per heavy atom. The lowest BCUT2D eigenvalue weighted by molar-refractivity contribution is 0.0955. The molecule has 0 fully saturated rings. The Bertz CT molecular complexity index is 845. The fourth-order valence-electron chi connectivity index (χ4n) is 2.14. The van der Waals surface area contributed by atoms with E-state index in [1.54, 1.807) is 36.7 Å². The summed E-state index contributed by atoms with van der Waals surface area (Å²) in [4.78, 5) is 15.7. The van der Waals surface area contributed by atoms with Crippen LogP contribution in [0.3, 0.4) is 0 Å². The topological polar surface area (TPSA) is 74.6 Å². The summed E-state index contributed by atoms with van der Waals surface area (Å²) in [6, 6.07) is 14.2. The van der Waals surface area contributed by atoms with Gasteiger partial charge in [0.1, 0.15) is 5.75 Å². The molecule has 0 radical (unpaired) electrons. The molecule has 0 unspecified atom stereocenters. The Kier molecular flexibility index (Phi) is 3.78. The van der Waals surface area contributed by atoms with Crippen LogP contribution in [-0.4, -0.2) is 22.2 Å². The number of fused-ring (bicyclic) bond motifs is 1. The predicted molar refractivity (Wildman–Crippen MR) is 84.9 cm³/mol. The van der Waals surface area contributed by atoms with Gasteiger partial charge >= 0.3 is 0 Å². The number of rotatable bonds is 3. The van der Waals surface area contributed by atoms with Crippen LogP contribution in [0.2, 0.25) is 0 Å². The van der Waals surface area contributed by atoms with Gasteiger partial charge in [-0.1, -0.05) is 24.3 Å². The molecule has 0 aliphatic heterocycles. The van der Waals surface area contributed by atoms with E-state index in [9.17, 15) is 9.90 Å². The first-order valence-electron chi connectivity index (χ1n) is 6.70. The lowest BCUT2D eigenvalue weighted by Gasteiger charge is -2.04. The lowest BCUT2D eigenvalue weighted by atomic mass is 10.0. The Morgan fingerprint density at radius 3 is 2.68 bits per heavy atom. The second-order valence-corrected chi connectivity index (χ2v) is 4.66. The van der Waals surface area contributed by atoms with Crippen molar-refractivity contribution >= 4 is 22.9 Å². The third kappa shape index (κ3) is 2.78. The van der Waals surface area contributed by atoms with Gasteiger partial charge in [-0.2, -0.15) is 5.10 Å². The number of hydrogen-bond acceptors (Lipinski definition) is 4. The van der Waals surface area contributed by atoms with Crippen molar-refractivity contribution in [3.8, 4) is 5.75 Å². The largest absolute Gasteiger partial charge is 0.507 e. The number of benzene rings is 2. The van der Waals surface area contributed by atoms with E-state index in [-0.39, 0.29) is 11.7 Å². The van der Waals surface area contributed by atoms with Gasteiger partial charge in [0.05, 0.1) is 11.8 Å². The minimum atomic E-state index is -0.326. The maximum atomic E-state index is 11.8. The Labute approximate surface area is 126 Å². The van der Waals surface area contributed by atoms with Gasteiger partial charge in [0, 0.05) is 23.3 Å². The van der Waals surface area contributed by atoms with Crippen molar-refractivity contribution in [3.63, 3.8) is 0 Å². The summed E-state index contributed by atoms with van der Waals surface area (Å²) in [5, 5.41) is 15.4. The lowest BCUT2D eigenvalue weighted by Crippen LogP contribution is -2.17. The number of aromatic hydroxyl groups is 1. The third-order valence-corrected chi connectivity index (χ3v) is 3.23. The molecule has 1 heterocycles. The summed E-state index contributed by atoms with van der Waals surface area (Å²) in [5.41, 5.74) is 3.70. The second kappa shape index (κ2) is 6.05. The van der Waals surface area contributed by atoms with Crippen molar-refractivity contribution in [2.75, 3.05) is 0 Å². The van der Waals surface area contributed by atoms with Crippen LogP contribution in [0.5, 0.6) is 5.75 Å². The molecule has 1 aromatic heterocycles. The number of nitrogens with zero attached hydrogens (tertiary/aromatic N) is 2. The molecule has 0 bridgehead atoms. The van der Waals surface area contributed by atoms with Crippen molar-refractivity contribution in [3.05, 3.63) is 72.1 Å². The highest BCUT2D eigenvalue weighted by Gasteiger charge is 2.04. The predicted octanol–water partition coefficient (Wildman–Crippen LogP) is 2.70. The van der Waals surface area contributed by atoms with E-state index >= 15 is 0 Å². The first-order chi connectivity index (χ1) is 10.8. The van der Waals surface area contributed by atoms with Crippen LogP contribution in [0.25, 0.3) is 10.8 Å². The average molecular weight is 291 g/mol. The molecule has 0 spiro atoms. The van der Waals surface area contributed by atoms with Crippen molar-refractivity contribution < 1.29 is 9.90 Å². The molecule has 1 amide bonds. The molecule has 3 rings (SSSR count). The number of phenols is 1. The SMILES string of the molecule is O=C(N/N=C/c1ccc(O)c2ccccc12)c1cccnc1. The van der Waals surface area contributed by atoms with Crippen LogP contribution in [0, 0.1) is 0 Å². The van der Waals surface area contributed by atoms with Gasteiger partial charge in [-0.25, -0.2) is 5.43 Å². The van der Waals surface area contributed by atoms with E-state index in [2.05, 4.69) is 15.5 Å². The molecule has 108 valence electrons. The average Bonchev–Trinajstić information content (AvgIpc) is 2.58. The smallest absolute Gasteiger partial charge is 0.272 e. The fraction of sp³-hybridized carbons (Fsp3) is 0. The van der Waals surface area contributed by atoms with Crippen LogP contribution < -0.4 is 5.43 Å². The van der Waals surface area contributed by atoms with Crippen LogP contribution in [0.1, 0.15) is 15.9 Å². The first kappa shape index (κ1) is 13.8. The van der Waals surface area contributed by atoms with E-state index in [1.165, 1.54) is 6.20 Å². The number of nitrogens with one attached hydrogen (secondary N) is 1. The third-order valence-electron chi connectivity index (χ3n) is 3.23. The normalized spacial score (nSPS) is 10.9. The van der Waals surface area contributed by atoms with Crippen molar-refractivity contribution in [1.29, 1.82) is 0 Å². The van der Waals surface area contributed by atoms with Gasteiger partial charge in [-0.3, -0.25) is 9.78 Å². The van der Waals surface area contributed by atoms with Gasteiger partial charge in [-0.15, -0.1) is 0 Å². The molecule has 5 nitrogen and oxygen atoms in total. The summed E-state index contributed by atoms with van der Waals surface area (Å²) >= 11 is 0. The zero-order valence-electron chi connectivity index (χ0n) is 11.6. The maximum absolute atomic E-state index is 11.8. The first-order valence-corrected chi connectivity index (χ1v) is 6.70. The molecule has 0 atom stereocenters. The maximum Gasteiger partial charge on any atom is 0.272 e. The number of aromatic nitrogens is 1. The van der Waals surface area contributed by atoms with E-state index in [1.807, 2.05) is 24.3 Å². The van der Waals surface area contributed by atoms with Crippen LogP contribution >= 0.6 is 0 Å². The van der Waals surface area contributed by atoms with Crippen LogP contribution in [-0.2, 0) is 0 Å². The van der Waals surface area contributed by atoms with Gasteiger partial charge in [0.25, 0.3) is 5.91 Å². The number of carbonyl (C=O) groups is 1. The highest BCUT2D eigenvalue weighted by Crippen LogP contribution is 2.26. The minimum absolute atomic E-state index is 0.215. The number of pyridine rings is 1. The number of hydrogen-bond donors (Lipinski definition) is 2. The quantitative estimate of drug-likeness (QED) is 0.575. The van der Waals surface area contributed by atoms with Gasteiger partial charge in [0.2, 0.25) is 0 Å². The van der Waals surface area contributed by atoms with Gasteiger partial charge < -0.3 is 5.11 Å². The zero-order valence-corrected chi connectivity index (χ0v) is 11.6. The number of amides is 1. The zero-order chi connectivity index (χ0) is 15.4. The Hall–Kier alpha value is -3.21. The van der Waals surface area contributed by atoms with E-state index in [0.717, 1.165) is 16.3 Å². The fourth-order valence-corrected chi connectivity index (χ4v) is 2.14. The molecule has 0 saturated heterocycles.